The molecule has 1 aromatic heterocycles. The maximum atomic E-state index is 13.5. The second-order valence-corrected chi connectivity index (χ2v) is 13.6. The summed E-state index contributed by atoms with van der Waals surface area (Å²) in [5, 5.41) is 32.3. The zero-order valence-corrected chi connectivity index (χ0v) is 25.0. The van der Waals surface area contributed by atoms with E-state index in [9.17, 15) is 19.8 Å². The third kappa shape index (κ3) is 5.19. The van der Waals surface area contributed by atoms with Gasteiger partial charge in [0.25, 0.3) is 11.6 Å². The lowest BCUT2D eigenvalue weighted by Crippen LogP contribution is -2.73. The van der Waals surface area contributed by atoms with Crippen LogP contribution < -0.4 is 0 Å². The maximum absolute atomic E-state index is 13.5. The van der Waals surface area contributed by atoms with Crippen molar-refractivity contribution in [1.29, 1.82) is 0 Å². The first kappa shape index (κ1) is 29.1. The Labute approximate surface area is 236 Å². The highest BCUT2D eigenvalue weighted by Crippen LogP contribution is 2.49. The molecule has 2 aliphatic heterocycles. The summed E-state index contributed by atoms with van der Waals surface area (Å²) in [5.41, 5.74) is 0.595. The number of aromatic nitrogens is 4. The van der Waals surface area contributed by atoms with Crippen molar-refractivity contribution in [2.45, 2.75) is 68.6 Å². The molecule has 2 aliphatic rings. The number of fused-ring (bicyclic) bond motifs is 1. The largest absolute Gasteiger partial charge is 0.507 e. The van der Waals surface area contributed by atoms with Gasteiger partial charge in [-0.3, -0.25) is 9.69 Å². The third-order valence-electron chi connectivity index (χ3n) is 6.71. The van der Waals surface area contributed by atoms with Gasteiger partial charge in [-0.15, -0.1) is 16.9 Å². The summed E-state index contributed by atoms with van der Waals surface area (Å²) < 4.78 is 7.19. The normalized spacial score (nSPS) is 21.9. The van der Waals surface area contributed by atoms with Crippen molar-refractivity contribution in [2.24, 2.45) is 12.0 Å². The van der Waals surface area contributed by atoms with Crippen molar-refractivity contribution in [3.63, 3.8) is 0 Å². The van der Waals surface area contributed by atoms with Gasteiger partial charge in [-0.1, -0.05) is 53.3 Å². The molecular weight excluding hydrogens is 540 g/mol. The number of carbonyl (C=O) groups excluding carboxylic acids is 1. The highest BCUT2D eigenvalue weighted by atomic mass is 32.2. The summed E-state index contributed by atoms with van der Waals surface area (Å²) in [6.07, 6.45) is 1.58. The number of nitrogens with zero attached hydrogens (tertiary/aromatic N) is 6. The molecule has 3 heterocycles. The monoisotopic (exact) mass is 574 g/mol. The Morgan fingerprint density at radius 3 is 2.36 bits per heavy atom. The van der Waals surface area contributed by atoms with E-state index in [0.29, 0.717) is 22.2 Å². The van der Waals surface area contributed by atoms with Crippen LogP contribution in [-0.2, 0) is 32.2 Å². The Kier molecular flexibility index (Phi) is 7.65. The molecule has 0 unspecified atom stereocenters. The number of rotatable bonds is 7. The number of β-lactam (4-membered cyclic amide) rings is 1. The van der Waals surface area contributed by atoms with E-state index in [1.807, 2.05) is 53.7 Å². The van der Waals surface area contributed by atoms with Crippen molar-refractivity contribution in [3.8, 4) is 5.75 Å². The average molecular weight is 575 g/mol. The minimum absolute atomic E-state index is 0.0519. The molecule has 0 aliphatic carbocycles. The lowest BCUT2D eigenvalue weighted by Gasteiger charge is -2.53. The predicted octanol–water partition coefficient (Wildman–Crippen LogP) is 3.32. The van der Waals surface area contributed by atoms with E-state index in [0.717, 1.165) is 16.7 Å². The number of carboxylic acid groups (broad SMARTS) is 1. The molecule has 39 heavy (non-hydrogen) atoms. The molecule has 1 amide bonds. The van der Waals surface area contributed by atoms with Gasteiger partial charge in [0.2, 0.25) is 5.16 Å². The molecule has 4 rings (SSSR count). The van der Waals surface area contributed by atoms with Crippen LogP contribution in [0.2, 0.25) is 0 Å². The van der Waals surface area contributed by atoms with Crippen LogP contribution in [-0.4, -0.2) is 83.1 Å². The summed E-state index contributed by atoms with van der Waals surface area (Å²) >= 11 is 2.71. The van der Waals surface area contributed by atoms with Crippen LogP contribution in [0.5, 0.6) is 5.75 Å². The third-order valence-corrected chi connectivity index (χ3v) is 9.17. The van der Waals surface area contributed by atoms with E-state index in [1.165, 1.54) is 40.2 Å². The topological polar surface area (TPSA) is 143 Å². The number of hydrogen-bond donors (Lipinski definition) is 2. The van der Waals surface area contributed by atoms with Crippen LogP contribution in [0, 0.1) is 0 Å². The first-order valence-corrected chi connectivity index (χ1v) is 14.4. The lowest BCUT2D eigenvalue weighted by molar-refractivity contribution is -0.182. The SMILES string of the molecule is CO[C@@]1(/N=C/c2cc(C(C)(C)C)c(O)c(C(C)(C)C)c2)C(=O)N2C(C(=O)O)=C(CSc3nnnn3C)CS[C@@H]21. The molecule has 210 valence electrons. The number of ether oxygens (including phenoxy) is 1. The minimum atomic E-state index is -1.56. The van der Waals surface area contributed by atoms with Gasteiger partial charge in [0, 0.05) is 43.0 Å². The number of carboxylic acids is 1. The van der Waals surface area contributed by atoms with Gasteiger partial charge in [-0.2, -0.15) is 0 Å². The molecule has 1 aromatic carbocycles. The number of carbonyl (C=O) groups is 2. The molecule has 0 saturated carbocycles. The summed E-state index contributed by atoms with van der Waals surface area (Å²) in [6, 6.07) is 3.73. The fraction of sp³-hybridized carbons (Fsp3) is 0.538. The number of tetrazole rings is 1. The van der Waals surface area contributed by atoms with E-state index < -0.39 is 23.0 Å². The Morgan fingerprint density at radius 1 is 1.26 bits per heavy atom. The van der Waals surface area contributed by atoms with E-state index >= 15 is 0 Å². The highest BCUT2D eigenvalue weighted by Gasteiger charge is 2.66. The number of aliphatic imine (C=N–C) groups is 1. The fourth-order valence-corrected chi connectivity index (χ4v) is 7.00. The number of thioether (sulfide) groups is 2. The second kappa shape index (κ2) is 10.3. The molecule has 2 atom stereocenters. The number of aryl methyl sites for hydroxylation is 1. The van der Waals surface area contributed by atoms with Gasteiger partial charge < -0.3 is 14.9 Å². The highest BCUT2D eigenvalue weighted by molar-refractivity contribution is 8.01. The summed E-state index contributed by atoms with van der Waals surface area (Å²) in [5.74, 6) is -0.763. The van der Waals surface area contributed by atoms with Gasteiger partial charge >= 0.3 is 5.97 Å². The Bertz CT molecular complexity index is 1340. The summed E-state index contributed by atoms with van der Waals surface area (Å²) in [7, 11) is 3.11. The van der Waals surface area contributed by atoms with Crippen molar-refractivity contribution in [2.75, 3.05) is 18.6 Å². The van der Waals surface area contributed by atoms with Crippen molar-refractivity contribution in [3.05, 3.63) is 40.1 Å². The van der Waals surface area contributed by atoms with E-state index in [2.05, 4.69) is 20.5 Å². The van der Waals surface area contributed by atoms with Crippen LogP contribution >= 0.6 is 23.5 Å². The van der Waals surface area contributed by atoms with E-state index in [-0.39, 0.29) is 22.3 Å². The molecule has 0 spiro atoms. The standard InChI is InChI=1S/C26H34N6O5S2/c1-24(2,3)16-9-14(10-17(19(16)33)25(4,5)6)11-27-26(37-8)21(36)32-18(20(34)35)15(12-38-22(26)32)13-39-23-28-29-30-31(23)7/h9-11,22,33H,12-13H2,1-8H3,(H,34,35)/b27-11+/t22-,26+/m1/s1. The van der Waals surface area contributed by atoms with Crippen LogP contribution in [0.25, 0.3) is 0 Å². The number of benzene rings is 1. The second-order valence-electron chi connectivity index (χ2n) is 11.6. The number of hydrogen-bond acceptors (Lipinski definition) is 10. The maximum Gasteiger partial charge on any atom is 0.352 e. The molecule has 0 bridgehead atoms. The van der Waals surface area contributed by atoms with E-state index in [1.54, 1.807) is 13.3 Å². The molecule has 2 N–H and O–H groups in total. The van der Waals surface area contributed by atoms with Crippen LogP contribution in [0.3, 0.4) is 0 Å². The number of phenols is 1. The smallest absolute Gasteiger partial charge is 0.352 e. The Hall–Kier alpha value is -2.90. The average Bonchev–Trinajstić information content (AvgIpc) is 3.26. The van der Waals surface area contributed by atoms with Crippen molar-refractivity contribution >= 4 is 41.6 Å². The number of methoxy groups -OCH3 is 1. The Balaban J connectivity index is 1.67. The zero-order valence-electron chi connectivity index (χ0n) is 23.3. The Morgan fingerprint density at radius 2 is 1.87 bits per heavy atom. The number of amides is 1. The predicted molar refractivity (Wildman–Crippen MR) is 150 cm³/mol. The van der Waals surface area contributed by atoms with Crippen LogP contribution in [0.1, 0.15) is 58.2 Å². The molecule has 13 heteroatoms. The van der Waals surface area contributed by atoms with E-state index in [4.69, 9.17) is 4.74 Å². The molecule has 2 aromatic rings. The minimum Gasteiger partial charge on any atom is -0.507 e. The lowest BCUT2D eigenvalue weighted by atomic mass is 9.78. The van der Waals surface area contributed by atoms with Gasteiger partial charge in [0.15, 0.2) is 0 Å². The molecule has 0 radical (unpaired) electrons. The number of aliphatic carboxylic acids is 1. The molecular formula is C26H34N6O5S2. The van der Waals surface area contributed by atoms with Gasteiger partial charge in [-0.25, -0.2) is 14.5 Å². The summed E-state index contributed by atoms with van der Waals surface area (Å²) in [4.78, 5) is 31.7. The van der Waals surface area contributed by atoms with Gasteiger partial charge in [0.1, 0.15) is 16.8 Å². The number of phenolic OH excluding ortho intramolecular Hbond substituents is 1. The first-order valence-electron chi connectivity index (χ1n) is 12.4. The molecule has 11 nitrogen and oxygen atoms in total. The first-order chi connectivity index (χ1) is 18.1. The van der Waals surface area contributed by atoms with Gasteiger partial charge in [-0.05, 0) is 44.5 Å². The quantitative estimate of drug-likeness (QED) is 0.287. The van der Waals surface area contributed by atoms with Crippen molar-refractivity contribution in [1.82, 2.24) is 25.1 Å². The molecule has 1 fully saturated rings. The van der Waals surface area contributed by atoms with Crippen LogP contribution in [0.15, 0.2) is 33.6 Å². The zero-order chi connectivity index (χ0) is 28.9. The van der Waals surface area contributed by atoms with Gasteiger partial charge in [0.05, 0.1) is 0 Å². The number of aromatic hydroxyl groups is 1. The molecule has 1 saturated heterocycles. The fourth-order valence-electron chi connectivity index (χ4n) is 4.58. The van der Waals surface area contributed by atoms with Crippen LogP contribution in [0.4, 0.5) is 0 Å². The van der Waals surface area contributed by atoms with Crippen molar-refractivity contribution < 1.29 is 24.5 Å². The summed E-state index contributed by atoms with van der Waals surface area (Å²) in [6.45, 7) is 12.1.